The van der Waals surface area contributed by atoms with Gasteiger partial charge < -0.3 is 5.32 Å². The highest BCUT2D eigenvalue weighted by Crippen LogP contribution is 2.32. The van der Waals surface area contributed by atoms with E-state index in [1.807, 2.05) is 38.1 Å². The maximum atomic E-state index is 14.1. The number of benzene rings is 3. The summed E-state index contributed by atoms with van der Waals surface area (Å²) in [6.45, 7) is 3.81. The normalized spacial score (nSPS) is 12.1. The average molecular weight is 453 g/mol. The van der Waals surface area contributed by atoms with Gasteiger partial charge in [0.25, 0.3) is 0 Å². The van der Waals surface area contributed by atoms with Crippen molar-refractivity contribution < 1.29 is 12.8 Å². The highest BCUT2D eigenvalue weighted by Gasteiger charge is 2.26. The minimum absolute atomic E-state index is 0.0262. The number of allylic oxidation sites excluding steroid dienone is 1. The molecule has 0 aliphatic rings. The minimum atomic E-state index is -4.07. The third kappa shape index (κ3) is 5.35. The standard InChI is InChI=1S/C24H21FN2O2S2/c1-17-12-13-18(2)22(14-17)27-24(30-16-19-8-6-7-11-21(19)25)23(15-26)31(28,29)20-9-4-3-5-10-20/h3-14,27H,16H2,1-2H3. The Labute approximate surface area is 186 Å². The molecule has 0 bridgehead atoms. The van der Waals surface area contributed by atoms with Crippen LogP contribution < -0.4 is 5.32 Å². The smallest absolute Gasteiger partial charge is 0.219 e. The van der Waals surface area contributed by atoms with E-state index in [-0.39, 0.29) is 21.5 Å². The van der Waals surface area contributed by atoms with Crippen LogP contribution in [0, 0.1) is 31.0 Å². The zero-order valence-corrected chi connectivity index (χ0v) is 18.7. The molecule has 0 amide bonds. The van der Waals surface area contributed by atoms with Crippen LogP contribution in [0.15, 0.2) is 87.6 Å². The molecule has 7 heteroatoms. The van der Waals surface area contributed by atoms with Gasteiger partial charge in [-0.1, -0.05) is 48.5 Å². The first kappa shape index (κ1) is 22.6. The Morgan fingerprint density at radius 2 is 1.71 bits per heavy atom. The van der Waals surface area contributed by atoms with Gasteiger partial charge in [-0.25, -0.2) is 12.8 Å². The van der Waals surface area contributed by atoms with Crippen LogP contribution in [0.5, 0.6) is 0 Å². The lowest BCUT2D eigenvalue weighted by Gasteiger charge is -2.16. The highest BCUT2D eigenvalue weighted by molar-refractivity contribution is 8.04. The summed E-state index contributed by atoms with van der Waals surface area (Å²) in [5, 5.41) is 13.1. The topological polar surface area (TPSA) is 70.0 Å². The number of hydrogen-bond acceptors (Lipinski definition) is 5. The lowest BCUT2D eigenvalue weighted by molar-refractivity contribution is 0.603. The molecule has 0 aliphatic carbocycles. The number of thioether (sulfide) groups is 1. The third-order valence-electron chi connectivity index (χ3n) is 4.60. The van der Waals surface area contributed by atoms with Gasteiger partial charge in [0.05, 0.1) is 4.90 Å². The van der Waals surface area contributed by atoms with E-state index in [4.69, 9.17) is 0 Å². The lowest BCUT2D eigenvalue weighted by atomic mass is 10.1. The van der Waals surface area contributed by atoms with Crippen LogP contribution in [-0.4, -0.2) is 8.42 Å². The van der Waals surface area contributed by atoms with Crippen LogP contribution in [-0.2, 0) is 15.6 Å². The van der Waals surface area contributed by atoms with Crippen LogP contribution in [0.1, 0.15) is 16.7 Å². The Balaban J connectivity index is 2.09. The Hall–Kier alpha value is -3.08. The molecule has 0 aliphatic heterocycles. The number of nitrogens with one attached hydrogen (secondary N) is 1. The minimum Gasteiger partial charge on any atom is -0.348 e. The second-order valence-corrected chi connectivity index (χ2v) is 9.78. The summed E-state index contributed by atoms with van der Waals surface area (Å²) in [5.41, 5.74) is 2.98. The number of rotatable bonds is 7. The Bertz CT molecular complexity index is 1260. The van der Waals surface area contributed by atoms with Crippen LogP contribution in [0.25, 0.3) is 0 Å². The first-order valence-corrected chi connectivity index (χ1v) is 11.9. The van der Waals surface area contributed by atoms with Crippen molar-refractivity contribution in [3.8, 4) is 6.07 Å². The van der Waals surface area contributed by atoms with Gasteiger partial charge in [-0.2, -0.15) is 5.26 Å². The van der Waals surface area contributed by atoms with Crippen LogP contribution in [0.4, 0.5) is 10.1 Å². The zero-order valence-electron chi connectivity index (χ0n) is 17.1. The molecule has 0 saturated carbocycles. The van der Waals surface area contributed by atoms with E-state index in [2.05, 4.69) is 5.32 Å². The van der Waals surface area contributed by atoms with Crippen molar-refractivity contribution in [1.29, 1.82) is 5.26 Å². The van der Waals surface area contributed by atoms with Gasteiger partial charge >= 0.3 is 0 Å². The maximum Gasteiger partial charge on any atom is 0.219 e. The third-order valence-corrected chi connectivity index (χ3v) is 7.51. The van der Waals surface area contributed by atoms with Crippen LogP contribution >= 0.6 is 11.8 Å². The Morgan fingerprint density at radius 1 is 1.03 bits per heavy atom. The Kier molecular flexibility index (Phi) is 7.16. The molecule has 4 nitrogen and oxygen atoms in total. The van der Waals surface area contributed by atoms with Gasteiger partial charge in [0.2, 0.25) is 9.84 Å². The van der Waals surface area contributed by atoms with Crippen molar-refractivity contribution in [2.75, 3.05) is 5.32 Å². The number of nitrogens with zero attached hydrogens (tertiary/aromatic N) is 1. The number of nitriles is 1. The summed E-state index contributed by atoms with van der Waals surface area (Å²) in [4.78, 5) is -0.376. The highest BCUT2D eigenvalue weighted by atomic mass is 32.2. The predicted molar refractivity (Wildman–Crippen MR) is 124 cm³/mol. The van der Waals surface area contributed by atoms with E-state index in [1.165, 1.54) is 18.2 Å². The largest absolute Gasteiger partial charge is 0.348 e. The molecule has 0 saturated heterocycles. The van der Waals surface area contributed by atoms with E-state index in [0.29, 0.717) is 11.3 Å². The first-order valence-electron chi connectivity index (χ1n) is 9.48. The lowest BCUT2D eigenvalue weighted by Crippen LogP contribution is -2.11. The maximum absolute atomic E-state index is 14.1. The second kappa shape index (κ2) is 9.82. The average Bonchev–Trinajstić information content (AvgIpc) is 2.76. The summed E-state index contributed by atoms with van der Waals surface area (Å²) in [6.07, 6.45) is 0. The van der Waals surface area contributed by atoms with Gasteiger partial charge in [-0.15, -0.1) is 11.8 Å². The van der Waals surface area contributed by atoms with E-state index < -0.39 is 14.7 Å². The molecule has 0 radical (unpaired) electrons. The summed E-state index contributed by atoms with van der Waals surface area (Å²) in [6, 6.07) is 21.7. The molecule has 158 valence electrons. The molecular weight excluding hydrogens is 431 g/mol. The summed E-state index contributed by atoms with van der Waals surface area (Å²) >= 11 is 1.08. The molecule has 0 aromatic heterocycles. The van der Waals surface area contributed by atoms with Gasteiger partial charge in [0.15, 0.2) is 4.91 Å². The summed E-state index contributed by atoms with van der Waals surface area (Å²) < 4.78 is 40.6. The Morgan fingerprint density at radius 3 is 2.39 bits per heavy atom. The van der Waals surface area contributed by atoms with E-state index >= 15 is 0 Å². The summed E-state index contributed by atoms with van der Waals surface area (Å²) in [7, 11) is -4.07. The van der Waals surface area contributed by atoms with Gasteiger partial charge in [-0.05, 0) is 54.8 Å². The van der Waals surface area contributed by atoms with Crippen molar-refractivity contribution in [2.24, 2.45) is 0 Å². The number of halogens is 1. The number of aryl methyl sites for hydroxylation is 2. The van der Waals surface area contributed by atoms with Gasteiger partial charge in [0.1, 0.15) is 16.9 Å². The molecule has 3 aromatic rings. The first-order chi connectivity index (χ1) is 14.8. The number of sulfone groups is 1. The van der Waals surface area contributed by atoms with E-state index in [9.17, 15) is 18.1 Å². The number of anilines is 1. The van der Waals surface area contributed by atoms with Crippen molar-refractivity contribution in [1.82, 2.24) is 0 Å². The van der Waals surface area contributed by atoms with E-state index in [0.717, 1.165) is 22.9 Å². The predicted octanol–water partition coefficient (Wildman–Crippen LogP) is 5.95. The quantitative estimate of drug-likeness (QED) is 0.448. The van der Waals surface area contributed by atoms with Crippen molar-refractivity contribution in [3.63, 3.8) is 0 Å². The van der Waals surface area contributed by atoms with Crippen molar-refractivity contribution >= 4 is 27.3 Å². The number of hydrogen-bond donors (Lipinski definition) is 1. The fourth-order valence-electron chi connectivity index (χ4n) is 2.87. The van der Waals surface area contributed by atoms with Crippen molar-refractivity contribution in [2.45, 2.75) is 24.5 Å². The molecule has 31 heavy (non-hydrogen) atoms. The second-order valence-electron chi connectivity index (χ2n) is 6.91. The SMILES string of the molecule is Cc1ccc(C)c(NC(SCc2ccccc2F)=C(C#N)S(=O)(=O)c2ccccc2)c1. The van der Waals surface area contributed by atoms with Crippen LogP contribution in [0.2, 0.25) is 0 Å². The van der Waals surface area contributed by atoms with Gasteiger partial charge in [-0.3, -0.25) is 0 Å². The molecule has 0 fully saturated rings. The molecule has 0 unspecified atom stereocenters. The fraction of sp³-hybridized carbons (Fsp3) is 0.125. The molecule has 1 N–H and O–H groups in total. The van der Waals surface area contributed by atoms with Crippen LogP contribution in [0.3, 0.4) is 0 Å². The van der Waals surface area contributed by atoms with Gasteiger partial charge in [0, 0.05) is 11.4 Å². The molecule has 3 rings (SSSR count). The van der Waals surface area contributed by atoms with E-state index in [1.54, 1.807) is 36.4 Å². The zero-order chi connectivity index (χ0) is 22.4. The fourth-order valence-corrected chi connectivity index (χ4v) is 5.43. The molecule has 0 atom stereocenters. The monoisotopic (exact) mass is 452 g/mol. The molecule has 0 heterocycles. The molecule has 3 aromatic carbocycles. The summed E-state index contributed by atoms with van der Waals surface area (Å²) in [5.74, 6) is -0.222. The molecular formula is C24H21FN2O2S2. The van der Waals surface area contributed by atoms with Crippen molar-refractivity contribution in [3.05, 3.63) is 105 Å². The molecule has 0 spiro atoms.